The van der Waals surface area contributed by atoms with Crippen LogP contribution in [0, 0.1) is 0 Å². The van der Waals surface area contributed by atoms with Gasteiger partial charge in [-0.15, -0.1) is 0 Å². The number of nitrogens with two attached hydrogens (primary N) is 1. The quantitative estimate of drug-likeness (QED) is 0.708. The molecule has 0 radical (unpaired) electrons. The third-order valence-corrected chi connectivity index (χ3v) is 2.24. The molecular formula is C12H16N2O3. The van der Waals surface area contributed by atoms with Gasteiger partial charge in [-0.05, 0) is 30.7 Å². The van der Waals surface area contributed by atoms with Crippen LogP contribution in [0.25, 0.3) is 0 Å². The molecule has 0 aliphatic carbocycles. The zero-order valence-corrected chi connectivity index (χ0v) is 9.73. The molecule has 0 atom stereocenters. The summed E-state index contributed by atoms with van der Waals surface area (Å²) in [5.74, 6) is -0.672. The van der Waals surface area contributed by atoms with Crippen molar-refractivity contribution in [1.82, 2.24) is 5.32 Å². The van der Waals surface area contributed by atoms with Gasteiger partial charge in [-0.25, -0.2) is 0 Å². The molecule has 17 heavy (non-hydrogen) atoms. The van der Waals surface area contributed by atoms with Gasteiger partial charge in [0.15, 0.2) is 0 Å². The van der Waals surface area contributed by atoms with Crippen LogP contribution in [0.4, 0.5) is 0 Å². The minimum absolute atomic E-state index is 0.169. The van der Waals surface area contributed by atoms with Crippen molar-refractivity contribution in [3.63, 3.8) is 0 Å². The predicted octanol–water partition coefficient (Wildman–Crippen LogP) is 0.552. The molecule has 0 heterocycles. The first kappa shape index (κ1) is 13.2. The van der Waals surface area contributed by atoms with Crippen molar-refractivity contribution in [2.24, 2.45) is 5.73 Å². The van der Waals surface area contributed by atoms with Crippen molar-refractivity contribution in [3.8, 4) is 0 Å². The minimum Gasteiger partial charge on any atom is -0.385 e. The molecule has 0 aromatic heterocycles. The van der Waals surface area contributed by atoms with Crippen LogP contribution in [0.2, 0.25) is 0 Å². The lowest BCUT2D eigenvalue weighted by Gasteiger charge is -2.05. The number of nitrogens with one attached hydrogen (secondary N) is 1. The number of carbonyl (C=O) groups excluding carboxylic acids is 2. The molecule has 0 aliphatic heterocycles. The average molecular weight is 236 g/mol. The maximum absolute atomic E-state index is 11.6. The third kappa shape index (κ3) is 4.24. The summed E-state index contributed by atoms with van der Waals surface area (Å²) in [5, 5.41) is 2.75. The number of amides is 2. The van der Waals surface area contributed by atoms with Crippen molar-refractivity contribution in [2.45, 2.75) is 6.42 Å². The van der Waals surface area contributed by atoms with Gasteiger partial charge in [-0.2, -0.15) is 0 Å². The molecule has 0 aliphatic rings. The van der Waals surface area contributed by atoms with Gasteiger partial charge in [-0.1, -0.05) is 0 Å². The molecule has 0 saturated carbocycles. The number of rotatable bonds is 6. The molecule has 0 bridgehead atoms. The van der Waals surface area contributed by atoms with E-state index in [0.29, 0.717) is 24.3 Å². The van der Waals surface area contributed by atoms with Crippen LogP contribution in [0.5, 0.6) is 0 Å². The van der Waals surface area contributed by atoms with Crippen LogP contribution in [-0.4, -0.2) is 32.1 Å². The van der Waals surface area contributed by atoms with Gasteiger partial charge >= 0.3 is 0 Å². The fourth-order valence-corrected chi connectivity index (χ4v) is 1.31. The molecule has 1 aromatic carbocycles. The second-order valence-electron chi connectivity index (χ2n) is 3.54. The van der Waals surface area contributed by atoms with Crippen molar-refractivity contribution in [3.05, 3.63) is 35.4 Å². The Bertz CT molecular complexity index is 387. The molecule has 2 amide bonds. The predicted molar refractivity (Wildman–Crippen MR) is 63.8 cm³/mol. The van der Waals surface area contributed by atoms with E-state index in [4.69, 9.17) is 10.5 Å². The highest BCUT2D eigenvalue weighted by atomic mass is 16.5. The Balaban J connectivity index is 2.49. The third-order valence-electron chi connectivity index (χ3n) is 2.24. The number of hydrogen-bond acceptors (Lipinski definition) is 3. The van der Waals surface area contributed by atoms with Gasteiger partial charge < -0.3 is 15.8 Å². The van der Waals surface area contributed by atoms with Crippen LogP contribution in [-0.2, 0) is 4.74 Å². The van der Waals surface area contributed by atoms with Gasteiger partial charge in [0.1, 0.15) is 0 Å². The summed E-state index contributed by atoms with van der Waals surface area (Å²) in [6.07, 6.45) is 0.765. The SMILES string of the molecule is COCCCNC(=O)c1ccc(C(N)=O)cc1. The van der Waals surface area contributed by atoms with Crippen molar-refractivity contribution in [1.29, 1.82) is 0 Å². The van der Waals surface area contributed by atoms with E-state index in [2.05, 4.69) is 5.32 Å². The second kappa shape index (κ2) is 6.65. The van der Waals surface area contributed by atoms with E-state index in [-0.39, 0.29) is 5.91 Å². The largest absolute Gasteiger partial charge is 0.385 e. The summed E-state index contributed by atoms with van der Waals surface area (Å²) in [4.78, 5) is 22.5. The van der Waals surface area contributed by atoms with Crippen LogP contribution >= 0.6 is 0 Å². The van der Waals surface area contributed by atoms with E-state index in [0.717, 1.165) is 6.42 Å². The molecule has 3 N–H and O–H groups in total. The molecular weight excluding hydrogens is 220 g/mol. The van der Waals surface area contributed by atoms with Gasteiger partial charge in [0.05, 0.1) is 0 Å². The molecule has 92 valence electrons. The molecule has 5 heteroatoms. The zero-order chi connectivity index (χ0) is 12.7. The van der Waals surface area contributed by atoms with Crippen LogP contribution in [0.15, 0.2) is 24.3 Å². The normalized spacial score (nSPS) is 9.94. The zero-order valence-electron chi connectivity index (χ0n) is 9.73. The summed E-state index contributed by atoms with van der Waals surface area (Å²) < 4.78 is 4.87. The fraction of sp³-hybridized carbons (Fsp3) is 0.333. The number of benzene rings is 1. The van der Waals surface area contributed by atoms with E-state index in [1.54, 1.807) is 19.2 Å². The highest BCUT2D eigenvalue weighted by Gasteiger charge is 2.05. The smallest absolute Gasteiger partial charge is 0.251 e. The standard InChI is InChI=1S/C12H16N2O3/c1-17-8-2-7-14-12(16)10-5-3-9(4-6-10)11(13)15/h3-6H,2,7-8H2,1H3,(H2,13,15)(H,14,16). The van der Waals surface area contributed by atoms with Crippen LogP contribution < -0.4 is 11.1 Å². The van der Waals surface area contributed by atoms with E-state index >= 15 is 0 Å². The van der Waals surface area contributed by atoms with Crippen molar-refractivity contribution >= 4 is 11.8 Å². The van der Waals surface area contributed by atoms with E-state index < -0.39 is 5.91 Å². The number of hydrogen-bond donors (Lipinski definition) is 2. The first-order chi connectivity index (χ1) is 8.15. The lowest BCUT2D eigenvalue weighted by atomic mass is 10.1. The van der Waals surface area contributed by atoms with Gasteiger partial charge in [0.25, 0.3) is 5.91 Å². The highest BCUT2D eigenvalue weighted by molar-refractivity contribution is 5.97. The molecule has 1 aromatic rings. The van der Waals surface area contributed by atoms with Gasteiger partial charge in [0, 0.05) is 31.4 Å². The second-order valence-corrected chi connectivity index (χ2v) is 3.54. The molecule has 0 saturated heterocycles. The van der Waals surface area contributed by atoms with Crippen LogP contribution in [0.3, 0.4) is 0 Å². The molecule has 5 nitrogen and oxygen atoms in total. The van der Waals surface area contributed by atoms with E-state index in [1.807, 2.05) is 0 Å². The summed E-state index contributed by atoms with van der Waals surface area (Å²) in [6.45, 7) is 1.17. The highest BCUT2D eigenvalue weighted by Crippen LogP contribution is 2.03. The summed E-state index contributed by atoms with van der Waals surface area (Å²) in [7, 11) is 1.62. The Kier molecular flexibility index (Phi) is 5.16. The molecule has 1 rings (SSSR count). The van der Waals surface area contributed by atoms with Gasteiger partial charge in [0.2, 0.25) is 5.91 Å². The molecule has 0 spiro atoms. The van der Waals surface area contributed by atoms with Crippen molar-refractivity contribution in [2.75, 3.05) is 20.3 Å². The first-order valence-electron chi connectivity index (χ1n) is 5.32. The Morgan fingerprint density at radius 1 is 1.24 bits per heavy atom. The Hall–Kier alpha value is -1.88. The van der Waals surface area contributed by atoms with Gasteiger partial charge in [-0.3, -0.25) is 9.59 Å². The maximum Gasteiger partial charge on any atom is 0.251 e. The Morgan fingerprint density at radius 2 is 1.82 bits per heavy atom. The van der Waals surface area contributed by atoms with E-state index in [1.165, 1.54) is 12.1 Å². The minimum atomic E-state index is -0.503. The van der Waals surface area contributed by atoms with Crippen LogP contribution in [0.1, 0.15) is 27.1 Å². The maximum atomic E-state index is 11.6. The lowest BCUT2D eigenvalue weighted by molar-refractivity contribution is 0.0946. The Labute approximate surface area is 99.9 Å². The summed E-state index contributed by atoms with van der Waals surface area (Å²) in [6, 6.07) is 6.22. The topological polar surface area (TPSA) is 81.4 Å². The average Bonchev–Trinajstić information content (AvgIpc) is 2.34. The number of ether oxygens (including phenoxy) is 1. The Morgan fingerprint density at radius 3 is 2.35 bits per heavy atom. The lowest BCUT2D eigenvalue weighted by Crippen LogP contribution is -2.25. The summed E-state index contributed by atoms with van der Waals surface area (Å²) >= 11 is 0. The first-order valence-corrected chi connectivity index (χ1v) is 5.32. The molecule has 0 fully saturated rings. The number of primary amides is 1. The fourth-order valence-electron chi connectivity index (χ4n) is 1.31. The van der Waals surface area contributed by atoms with Crippen molar-refractivity contribution < 1.29 is 14.3 Å². The summed E-state index contributed by atoms with van der Waals surface area (Å²) in [5.41, 5.74) is 6.00. The molecule has 0 unspecified atom stereocenters. The van der Waals surface area contributed by atoms with E-state index in [9.17, 15) is 9.59 Å². The number of methoxy groups -OCH3 is 1. The monoisotopic (exact) mass is 236 g/mol. The number of carbonyl (C=O) groups is 2.